The van der Waals surface area contributed by atoms with Gasteiger partial charge in [-0.25, -0.2) is 4.98 Å². The molecule has 10 heteroatoms. The van der Waals surface area contributed by atoms with E-state index in [2.05, 4.69) is 63.8 Å². The van der Waals surface area contributed by atoms with Crippen LogP contribution in [0.25, 0.3) is 0 Å². The van der Waals surface area contributed by atoms with Gasteiger partial charge in [0.15, 0.2) is 0 Å². The topological polar surface area (TPSA) is 115 Å². The second kappa shape index (κ2) is 16.2. The number of benzene rings is 1. The molecule has 2 amide bonds. The van der Waals surface area contributed by atoms with Crippen molar-refractivity contribution < 1.29 is 19.5 Å². The number of carbonyl (C=O) groups is 3. The summed E-state index contributed by atoms with van der Waals surface area (Å²) in [6.45, 7) is 16.1. The second-order valence-corrected chi connectivity index (χ2v) is 15.1. The number of aliphatic carboxylic acids is 1. The molecule has 3 N–H and O–H groups in total. The monoisotopic (exact) mass is 665 g/mol. The van der Waals surface area contributed by atoms with Crippen molar-refractivity contribution in [3.63, 3.8) is 0 Å². The number of aromatic nitrogens is 1. The number of carbonyl (C=O) groups excluding carboxylic acids is 2. The summed E-state index contributed by atoms with van der Waals surface area (Å²) in [4.78, 5) is 48.4. The highest BCUT2D eigenvalue weighted by Gasteiger charge is 2.35. The molecule has 4 rings (SSSR count). The van der Waals surface area contributed by atoms with E-state index in [0.717, 1.165) is 41.2 Å². The number of nitrogens with one attached hydrogen (secondary N) is 2. The summed E-state index contributed by atoms with van der Waals surface area (Å²) < 4.78 is 0. The van der Waals surface area contributed by atoms with Crippen LogP contribution in [0.2, 0.25) is 0 Å². The lowest BCUT2D eigenvalue weighted by molar-refractivity contribution is -0.139. The number of piperidine rings is 1. The van der Waals surface area contributed by atoms with E-state index in [1.807, 2.05) is 36.2 Å². The maximum absolute atomic E-state index is 14.1. The number of carboxylic acid groups (broad SMARTS) is 1. The number of likely N-dealkylation sites (N-methyl/N-ethyl adjacent to an activating group) is 2. The van der Waals surface area contributed by atoms with E-state index in [9.17, 15) is 19.5 Å². The Labute approximate surface area is 285 Å². The second-order valence-electron chi connectivity index (χ2n) is 14.2. The smallest absolute Gasteiger partial charge is 0.311 e. The summed E-state index contributed by atoms with van der Waals surface area (Å²) >= 11 is 1.46. The lowest BCUT2D eigenvalue weighted by Gasteiger charge is -2.39. The van der Waals surface area contributed by atoms with Crippen LogP contribution >= 0.6 is 11.3 Å². The van der Waals surface area contributed by atoms with Crippen LogP contribution in [0.1, 0.15) is 112 Å². The zero-order valence-corrected chi connectivity index (χ0v) is 30.1. The predicted molar refractivity (Wildman–Crippen MR) is 189 cm³/mol. The molecule has 0 bridgehead atoms. The van der Waals surface area contributed by atoms with Crippen LogP contribution in [-0.2, 0) is 16.0 Å². The first kappa shape index (κ1) is 36.6. The van der Waals surface area contributed by atoms with Crippen molar-refractivity contribution in [2.45, 2.75) is 116 Å². The van der Waals surface area contributed by atoms with E-state index in [-0.39, 0.29) is 53.7 Å². The van der Waals surface area contributed by atoms with Crippen LogP contribution < -0.4 is 10.6 Å². The first-order chi connectivity index (χ1) is 22.3. The van der Waals surface area contributed by atoms with Crippen molar-refractivity contribution >= 4 is 29.1 Å². The molecule has 2 aliphatic rings. The number of hydrogen-bond acceptors (Lipinski definition) is 7. The van der Waals surface area contributed by atoms with E-state index in [1.165, 1.54) is 24.2 Å². The fraction of sp³-hybridized carbons (Fsp3) is 0.622. The summed E-state index contributed by atoms with van der Waals surface area (Å²) in [5.41, 5.74) is 3.06. The zero-order valence-electron chi connectivity index (χ0n) is 29.3. The minimum Gasteiger partial charge on any atom is -0.481 e. The van der Waals surface area contributed by atoms with E-state index < -0.39 is 11.9 Å². The number of thiazole rings is 1. The minimum absolute atomic E-state index is 0.0205. The highest BCUT2D eigenvalue weighted by molar-refractivity contribution is 7.09. The van der Waals surface area contributed by atoms with E-state index in [0.29, 0.717) is 25.0 Å². The first-order valence-electron chi connectivity index (χ1n) is 17.3. The van der Waals surface area contributed by atoms with Gasteiger partial charge in [-0.15, -0.1) is 11.3 Å². The van der Waals surface area contributed by atoms with E-state index >= 15 is 0 Å². The third-order valence-electron chi connectivity index (χ3n) is 10.4. The van der Waals surface area contributed by atoms with Gasteiger partial charge in [0.25, 0.3) is 5.91 Å². The first-order valence-corrected chi connectivity index (χ1v) is 18.2. The van der Waals surface area contributed by atoms with Crippen LogP contribution in [0.3, 0.4) is 0 Å². The standard InChI is InChI=1S/C37H55N5O4S/c1-9-23(4)33(38-25(6)31-16-12-13-17-41(31)7)36(44)42(8)32(22(2)3)18-24(5)35-40-30(21-47-35)34(43)39-27-19-26-14-10-11-15-28(26)29(20-27)37(45)46/h10-11,14-15,21-24,27,29,31-33,38H,6,9,12-13,16-20H2,1-5,7-8H3,(H,39,43)(H,45,46)/t23?,24?,27?,29-,31-,32?,33+/m1/s1. The van der Waals surface area contributed by atoms with Crippen LogP contribution in [0.15, 0.2) is 41.9 Å². The molecule has 4 unspecified atom stereocenters. The Balaban J connectivity index is 1.41. The lowest BCUT2D eigenvalue weighted by atomic mass is 9.80. The molecule has 9 nitrogen and oxygen atoms in total. The van der Waals surface area contributed by atoms with Gasteiger partial charge in [-0.3, -0.25) is 19.3 Å². The van der Waals surface area contributed by atoms with Gasteiger partial charge in [0.05, 0.1) is 10.9 Å². The van der Waals surface area contributed by atoms with E-state index in [4.69, 9.17) is 4.98 Å². The molecule has 2 aromatic rings. The summed E-state index contributed by atoms with van der Waals surface area (Å²) in [7, 11) is 4.05. The molecule has 47 heavy (non-hydrogen) atoms. The number of nitrogens with zero attached hydrogens (tertiary/aromatic N) is 3. The summed E-state index contributed by atoms with van der Waals surface area (Å²) in [6.07, 6.45) is 5.95. The van der Waals surface area contributed by atoms with Crippen molar-refractivity contribution in [2.24, 2.45) is 11.8 Å². The molecule has 1 aliphatic heterocycles. The number of fused-ring (bicyclic) bond motifs is 1. The molecule has 0 saturated carbocycles. The largest absolute Gasteiger partial charge is 0.481 e. The van der Waals surface area contributed by atoms with Gasteiger partial charge in [0.2, 0.25) is 5.91 Å². The minimum atomic E-state index is -0.877. The quantitative estimate of drug-likeness (QED) is 0.226. The van der Waals surface area contributed by atoms with Crippen LogP contribution in [0, 0.1) is 11.8 Å². The molecule has 2 heterocycles. The number of amides is 2. The SMILES string of the molecule is C=C(N[C@H](C(=O)N(C)C(CC(C)c1nc(C(=O)NC2Cc3ccccc3[C@H](C(=O)O)C2)cs1)C(C)C)C(C)CC)[C@H]1CCCCN1C. The number of carboxylic acids is 1. The maximum atomic E-state index is 14.1. The number of rotatable bonds is 14. The Hall–Kier alpha value is -3.24. The Bertz CT molecular complexity index is 1410. The van der Waals surface area contributed by atoms with Gasteiger partial charge < -0.3 is 20.6 Å². The van der Waals surface area contributed by atoms with Gasteiger partial charge in [-0.1, -0.05) is 78.3 Å². The van der Waals surface area contributed by atoms with Gasteiger partial charge in [0.1, 0.15) is 11.7 Å². The van der Waals surface area contributed by atoms with Crippen LogP contribution in [0.4, 0.5) is 0 Å². The van der Waals surface area contributed by atoms with Crippen molar-refractivity contribution in [1.82, 2.24) is 25.4 Å². The molecule has 7 atom stereocenters. The molecule has 0 radical (unpaired) electrons. The molecule has 1 aromatic heterocycles. The maximum Gasteiger partial charge on any atom is 0.311 e. The highest BCUT2D eigenvalue weighted by atomic mass is 32.1. The molecule has 258 valence electrons. The normalized spacial score (nSPS) is 22.4. The Morgan fingerprint density at radius 3 is 2.55 bits per heavy atom. The predicted octanol–water partition coefficient (Wildman–Crippen LogP) is 6.04. The van der Waals surface area contributed by atoms with Crippen LogP contribution in [0.5, 0.6) is 0 Å². The molecular formula is C37H55N5O4S. The Kier molecular flexibility index (Phi) is 12.6. The van der Waals surface area contributed by atoms with Gasteiger partial charge in [-0.2, -0.15) is 0 Å². The fourth-order valence-corrected chi connectivity index (χ4v) is 8.13. The number of likely N-dealkylation sites (tertiary alicyclic amines) is 1. The molecular weight excluding hydrogens is 611 g/mol. The Morgan fingerprint density at radius 2 is 1.89 bits per heavy atom. The third-order valence-corrected chi connectivity index (χ3v) is 11.5. The molecule has 0 spiro atoms. The Morgan fingerprint density at radius 1 is 1.17 bits per heavy atom. The lowest BCUT2D eigenvalue weighted by Crippen LogP contribution is -2.54. The van der Waals surface area contributed by atoms with Gasteiger partial charge in [0, 0.05) is 42.2 Å². The van der Waals surface area contributed by atoms with Crippen molar-refractivity contribution in [1.29, 1.82) is 0 Å². The van der Waals surface area contributed by atoms with Crippen molar-refractivity contribution in [2.75, 3.05) is 20.6 Å². The molecule has 1 fully saturated rings. The summed E-state index contributed by atoms with van der Waals surface area (Å²) in [6, 6.07) is 7.14. The fourth-order valence-electron chi connectivity index (χ4n) is 7.26. The van der Waals surface area contributed by atoms with Crippen LogP contribution in [-0.4, -0.2) is 82.5 Å². The highest BCUT2D eigenvalue weighted by Crippen LogP contribution is 2.33. The average molecular weight is 666 g/mol. The van der Waals surface area contributed by atoms with E-state index in [1.54, 1.807) is 5.38 Å². The van der Waals surface area contributed by atoms with Crippen molar-refractivity contribution in [3.05, 3.63) is 63.7 Å². The number of hydrogen-bond donors (Lipinski definition) is 3. The van der Waals surface area contributed by atoms with Gasteiger partial charge in [-0.05, 0) is 68.7 Å². The zero-order chi connectivity index (χ0) is 34.4. The molecule has 1 aromatic carbocycles. The summed E-state index contributed by atoms with van der Waals surface area (Å²) in [5, 5.41) is 19.1. The molecule has 1 aliphatic carbocycles. The average Bonchev–Trinajstić information content (AvgIpc) is 3.55. The summed E-state index contributed by atoms with van der Waals surface area (Å²) in [5.74, 6) is -1.34. The van der Waals surface area contributed by atoms with Gasteiger partial charge >= 0.3 is 5.97 Å². The van der Waals surface area contributed by atoms with Crippen molar-refractivity contribution in [3.8, 4) is 0 Å². The molecule has 1 saturated heterocycles. The third kappa shape index (κ3) is 8.82.